The number of rotatable bonds is 5. The Balaban J connectivity index is 1.68. The highest BCUT2D eigenvalue weighted by Gasteiger charge is 2.09. The normalized spacial score (nSPS) is 10.8. The van der Waals surface area contributed by atoms with Gasteiger partial charge in [0.1, 0.15) is 11.6 Å². The average Bonchev–Trinajstić information content (AvgIpc) is 2.69. The van der Waals surface area contributed by atoms with Gasteiger partial charge in [-0.1, -0.05) is 30.3 Å². The maximum atomic E-state index is 12.3. The molecule has 0 unspecified atom stereocenters. The van der Waals surface area contributed by atoms with E-state index in [1.807, 2.05) is 48.5 Å². The number of anilines is 3. The minimum Gasteiger partial charge on any atom is -0.360 e. The van der Waals surface area contributed by atoms with Crippen LogP contribution in [0.25, 0.3) is 10.8 Å². The number of nitrogens with one attached hydrogen (secondary N) is 3. The number of nitrogens with zero attached hydrogens (tertiary/aromatic N) is 1. The molecule has 0 heterocycles. The Morgan fingerprint density at radius 3 is 2.11 bits per heavy atom. The Bertz CT molecular complexity index is 1100. The van der Waals surface area contributed by atoms with Gasteiger partial charge in [-0.3, -0.25) is 9.59 Å². The Hall–Kier alpha value is -4.11. The minimum atomic E-state index is -0.525. The monoisotopic (exact) mass is 370 g/mol. The molecule has 0 saturated carbocycles. The molecular weight excluding hydrogens is 352 g/mol. The summed E-state index contributed by atoms with van der Waals surface area (Å²) in [5, 5.41) is 19.8. The highest BCUT2D eigenvalue weighted by atomic mass is 16.2. The molecule has 0 saturated heterocycles. The van der Waals surface area contributed by atoms with Gasteiger partial charge in [-0.15, -0.1) is 0 Å². The number of carbonyl (C=O) groups is 2. The van der Waals surface area contributed by atoms with Crippen molar-refractivity contribution in [3.8, 4) is 6.07 Å². The molecular formula is C22H18N4O2. The van der Waals surface area contributed by atoms with E-state index in [0.29, 0.717) is 11.4 Å². The molecule has 3 rings (SSSR count). The number of fused-ring (bicyclic) bond motifs is 1. The average molecular weight is 370 g/mol. The second-order valence-corrected chi connectivity index (χ2v) is 6.09. The van der Waals surface area contributed by atoms with E-state index in [1.54, 1.807) is 24.3 Å². The largest absolute Gasteiger partial charge is 0.360 e. The van der Waals surface area contributed by atoms with E-state index in [4.69, 9.17) is 0 Å². The predicted octanol–water partition coefficient (Wildman–Crippen LogP) is 4.26. The topological polar surface area (TPSA) is 94.0 Å². The van der Waals surface area contributed by atoms with Crippen LogP contribution in [-0.2, 0) is 9.59 Å². The third-order valence-electron chi connectivity index (χ3n) is 3.96. The van der Waals surface area contributed by atoms with Gasteiger partial charge in [0.15, 0.2) is 0 Å². The molecule has 3 aromatic rings. The van der Waals surface area contributed by atoms with Gasteiger partial charge in [-0.2, -0.15) is 5.26 Å². The second kappa shape index (κ2) is 8.52. The van der Waals surface area contributed by atoms with Gasteiger partial charge >= 0.3 is 0 Å². The van der Waals surface area contributed by atoms with Gasteiger partial charge in [0.05, 0.1) is 0 Å². The summed E-state index contributed by atoms with van der Waals surface area (Å²) in [7, 11) is 0. The lowest BCUT2D eigenvalue weighted by Crippen LogP contribution is -2.14. The summed E-state index contributed by atoms with van der Waals surface area (Å²) in [6.45, 7) is 1.42. The zero-order valence-corrected chi connectivity index (χ0v) is 15.2. The summed E-state index contributed by atoms with van der Waals surface area (Å²) in [4.78, 5) is 23.4. The summed E-state index contributed by atoms with van der Waals surface area (Å²) < 4.78 is 0. The molecule has 3 N–H and O–H groups in total. The first-order valence-electron chi connectivity index (χ1n) is 8.60. The maximum absolute atomic E-state index is 12.3. The van der Waals surface area contributed by atoms with E-state index < -0.39 is 5.91 Å². The lowest BCUT2D eigenvalue weighted by Gasteiger charge is -2.07. The summed E-state index contributed by atoms with van der Waals surface area (Å²) in [6, 6.07) is 22.2. The first kappa shape index (κ1) is 18.7. The van der Waals surface area contributed by atoms with Crippen molar-refractivity contribution in [2.45, 2.75) is 6.92 Å². The van der Waals surface area contributed by atoms with Gasteiger partial charge in [-0.05, 0) is 47.2 Å². The molecule has 0 fully saturated rings. The molecule has 138 valence electrons. The molecule has 28 heavy (non-hydrogen) atoms. The standard InChI is InChI=1S/C22H18N4O2/c1-15(27)25-19-8-10-20(11-9-19)26-22(28)18(13-23)14-24-21-7-6-16-4-2-3-5-17(16)12-21/h2-12,14,24H,1H3,(H,25,27)(H,26,28)/b18-14-. The van der Waals surface area contributed by atoms with Crippen LogP contribution in [0.3, 0.4) is 0 Å². The van der Waals surface area contributed by atoms with Crippen molar-refractivity contribution in [1.82, 2.24) is 0 Å². The van der Waals surface area contributed by atoms with E-state index in [0.717, 1.165) is 16.5 Å². The Kier molecular flexibility index (Phi) is 5.68. The summed E-state index contributed by atoms with van der Waals surface area (Å²) >= 11 is 0. The molecule has 0 aliphatic heterocycles. The van der Waals surface area contributed by atoms with Crippen LogP contribution in [0.15, 0.2) is 78.5 Å². The smallest absolute Gasteiger partial charge is 0.267 e. The highest BCUT2D eigenvalue weighted by molar-refractivity contribution is 6.06. The third-order valence-corrected chi connectivity index (χ3v) is 3.96. The fourth-order valence-corrected chi connectivity index (χ4v) is 2.62. The second-order valence-electron chi connectivity index (χ2n) is 6.09. The molecule has 2 amide bonds. The zero-order chi connectivity index (χ0) is 19.9. The van der Waals surface area contributed by atoms with Crippen LogP contribution in [-0.4, -0.2) is 11.8 Å². The summed E-state index contributed by atoms with van der Waals surface area (Å²) in [5.74, 6) is -0.700. The van der Waals surface area contributed by atoms with Crippen LogP contribution in [0.1, 0.15) is 6.92 Å². The molecule has 0 aliphatic carbocycles. The van der Waals surface area contributed by atoms with Crippen molar-refractivity contribution in [2.75, 3.05) is 16.0 Å². The third kappa shape index (κ3) is 4.74. The van der Waals surface area contributed by atoms with Gasteiger partial charge in [-0.25, -0.2) is 0 Å². The molecule has 0 aromatic heterocycles. The summed E-state index contributed by atoms with van der Waals surface area (Å²) in [5.41, 5.74) is 1.86. The van der Waals surface area contributed by atoms with Gasteiger partial charge in [0.25, 0.3) is 5.91 Å². The fraction of sp³-hybridized carbons (Fsp3) is 0.0455. The highest BCUT2D eigenvalue weighted by Crippen LogP contribution is 2.19. The van der Waals surface area contributed by atoms with Crippen LogP contribution in [0, 0.1) is 11.3 Å². The van der Waals surface area contributed by atoms with Crippen LogP contribution in [0.5, 0.6) is 0 Å². The number of nitriles is 1. The molecule has 0 spiro atoms. The lowest BCUT2D eigenvalue weighted by atomic mass is 10.1. The van der Waals surface area contributed by atoms with Crippen LogP contribution in [0.2, 0.25) is 0 Å². The van der Waals surface area contributed by atoms with E-state index >= 15 is 0 Å². The van der Waals surface area contributed by atoms with E-state index in [-0.39, 0.29) is 11.5 Å². The predicted molar refractivity (Wildman–Crippen MR) is 111 cm³/mol. The Labute approximate surface area is 162 Å². The van der Waals surface area contributed by atoms with Gasteiger partial charge < -0.3 is 16.0 Å². The van der Waals surface area contributed by atoms with E-state index in [9.17, 15) is 14.9 Å². The molecule has 6 nitrogen and oxygen atoms in total. The fourth-order valence-electron chi connectivity index (χ4n) is 2.62. The molecule has 6 heteroatoms. The Morgan fingerprint density at radius 1 is 0.857 bits per heavy atom. The zero-order valence-electron chi connectivity index (χ0n) is 15.2. The number of amides is 2. The summed E-state index contributed by atoms with van der Waals surface area (Å²) in [6.07, 6.45) is 1.38. The van der Waals surface area contributed by atoms with Crippen LogP contribution >= 0.6 is 0 Å². The van der Waals surface area contributed by atoms with Crippen LogP contribution < -0.4 is 16.0 Å². The SMILES string of the molecule is CC(=O)Nc1ccc(NC(=O)/C(C#N)=C\Nc2ccc3ccccc3c2)cc1. The maximum Gasteiger partial charge on any atom is 0.267 e. The number of carbonyl (C=O) groups excluding carboxylic acids is 2. The van der Waals surface area contributed by atoms with Crippen LogP contribution in [0.4, 0.5) is 17.1 Å². The molecule has 0 aliphatic rings. The molecule has 0 radical (unpaired) electrons. The number of hydrogen-bond acceptors (Lipinski definition) is 4. The Morgan fingerprint density at radius 2 is 1.46 bits per heavy atom. The van der Waals surface area contributed by atoms with Crippen molar-refractivity contribution in [1.29, 1.82) is 5.26 Å². The van der Waals surface area contributed by atoms with Crippen molar-refractivity contribution in [3.05, 3.63) is 78.5 Å². The number of hydrogen-bond donors (Lipinski definition) is 3. The first-order chi connectivity index (χ1) is 13.5. The van der Waals surface area contributed by atoms with Crippen molar-refractivity contribution in [2.24, 2.45) is 0 Å². The van der Waals surface area contributed by atoms with Gasteiger partial charge in [0.2, 0.25) is 5.91 Å². The van der Waals surface area contributed by atoms with Crippen molar-refractivity contribution < 1.29 is 9.59 Å². The van der Waals surface area contributed by atoms with Crippen molar-refractivity contribution in [3.63, 3.8) is 0 Å². The first-order valence-corrected chi connectivity index (χ1v) is 8.60. The molecule has 0 atom stereocenters. The van der Waals surface area contributed by atoms with Crippen molar-refractivity contribution >= 4 is 39.6 Å². The molecule has 0 bridgehead atoms. The van der Waals surface area contributed by atoms with E-state index in [2.05, 4.69) is 16.0 Å². The minimum absolute atomic E-state index is 0.0564. The molecule has 3 aromatic carbocycles. The number of benzene rings is 3. The van der Waals surface area contributed by atoms with E-state index in [1.165, 1.54) is 13.1 Å². The lowest BCUT2D eigenvalue weighted by molar-refractivity contribution is -0.114. The quantitative estimate of drug-likeness (QED) is 0.462. The van der Waals surface area contributed by atoms with Gasteiger partial charge in [0, 0.05) is 30.2 Å².